The lowest BCUT2D eigenvalue weighted by Gasteiger charge is -2.13. The second-order valence-corrected chi connectivity index (χ2v) is 8.68. The normalized spacial score (nSPS) is 10.6. The van der Waals surface area contributed by atoms with Gasteiger partial charge in [-0.05, 0) is 43.2 Å². The van der Waals surface area contributed by atoms with Crippen LogP contribution in [0.4, 0.5) is 5.69 Å². The van der Waals surface area contributed by atoms with Gasteiger partial charge in [0, 0.05) is 6.54 Å². The maximum absolute atomic E-state index is 12.5. The number of rotatable bonds is 10. The molecule has 2 aromatic carbocycles. The number of aryl methyl sites for hydroxylation is 2. The highest BCUT2D eigenvalue weighted by molar-refractivity contribution is 7.99. The minimum atomic E-state index is -0.519. The van der Waals surface area contributed by atoms with Gasteiger partial charge in [-0.2, -0.15) is 0 Å². The highest BCUT2D eigenvalue weighted by Crippen LogP contribution is 2.26. The lowest BCUT2D eigenvalue weighted by Crippen LogP contribution is -2.16. The highest BCUT2D eigenvalue weighted by atomic mass is 35.5. The van der Waals surface area contributed by atoms with E-state index in [2.05, 4.69) is 22.1 Å². The van der Waals surface area contributed by atoms with Crippen molar-refractivity contribution < 1.29 is 19.1 Å². The van der Waals surface area contributed by atoms with Crippen LogP contribution in [0, 0.1) is 13.8 Å². The maximum Gasteiger partial charge on any atom is 0.337 e. The summed E-state index contributed by atoms with van der Waals surface area (Å²) in [6, 6.07) is 10.5. The first kappa shape index (κ1) is 25.3. The number of esters is 1. The predicted molar refractivity (Wildman–Crippen MR) is 133 cm³/mol. The first-order chi connectivity index (χ1) is 16.3. The zero-order valence-corrected chi connectivity index (χ0v) is 20.7. The maximum atomic E-state index is 12.5. The van der Waals surface area contributed by atoms with Crippen LogP contribution in [0.2, 0.25) is 5.02 Å². The van der Waals surface area contributed by atoms with E-state index in [1.54, 1.807) is 6.08 Å². The van der Waals surface area contributed by atoms with Crippen molar-refractivity contribution in [2.45, 2.75) is 32.2 Å². The molecule has 1 aromatic heterocycles. The van der Waals surface area contributed by atoms with Crippen molar-refractivity contribution in [2.24, 2.45) is 0 Å². The number of hydrogen-bond donors (Lipinski definition) is 1. The Hall–Kier alpha value is -3.30. The number of nitrogens with zero attached hydrogens (tertiary/aromatic N) is 3. The summed E-state index contributed by atoms with van der Waals surface area (Å²) in [5.41, 5.74) is 2.69. The number of halogens is 1. The second-order valence-electron chi connectivity index (χ2n) is 7.33. The fraction of sp³-hybridized carbons (Fsp3) is 0.250. The molecule has 8 nitrogen and oxygen atoms in total. The van der Waals surface area contributed by atoms with Gasteiger partial charge in [0.1, 0.15) is 12.4 Å². The molecule has 0 bridgehead atoms. The van der Waals surface area contributed by atoms with Crippen LogP contribution >= 0.6 is 23.4 Å². The second kappa shape index (κ2) is 11.7. The largest absolute Gasteiger partial charge is 0.485 e. The molecule has 0 aliphatic rings. The Kier molecular flexibility index (Phi) is 8.72. The van der Waals surface area contributed by atoms with Crippen molar-refractivity contribution in [1.82, 2.24) is 14.8 Å². The van der Waals surface area contributed by atoms with E-state index in [1.165, 1.54) is 37.1 Å². The van der Waals surface area contributed by atoms with Gasteiger partial charge in [-0.1, -0.05) is 47.6 Å². The van der Waals surface area contributed by atoms with E-state index in [0.29, 0.717) is 28.2 Å². The Morgan fingerprint density at radius 2 is 1.94 bits per heavy atom. The van der Waals surface area contributed by atoms with Crippen molar-refractivity contribution >= 4 is 40.9 Å². The number of aromatic nitrogens is 3. The quantitative estimate of drug-likeness (QED) is 0.242. The molecular formula is C24H25ClN4O4S. The summed E-state index contributed by atoms with van der Waals surface area (Å²) in [6.45, 7) is 8.48. The number of anilines is 1. The third-order valence-corrected chi connectivity index (χ3v) is 6.15. The van der Waals surface area contributed by atoms with Crippen molar-refractivity contribution in [2.75, 3.05) is 18.2 Å². The van der Waals surface area contributed by atoms with Crippen LogP contribution in [-0.4, -0.2) is 39.5 Å². The Balaban J connectivity index is 1.67. The Morgan fingerprint density at radius 1 is 1.21 bits per heavy atom. The zero-order valence-electron chi connectivity index (χ0n) is 19.1. The van der Waals surface area contributed by atoms with Crippen molar-refractivity contribution in [3.8, 4) is 5.75 Å². The molecule has 1 N–H and O–H groups in total. The van der Waals surface area contributed by atoms with E-state index in [4.69, 9.17) is 21.1 Å². The summed E-state index contributed by atoms with van der Waals surface area (Å²) >= 11 is 7.38. The van der Waals surface area contributed by atoms with Gasteiger partial charge in [0.15, 0.2) is 11.0 Å². The number of para-hydroxylation sites is 1. The van der Waals surface area contributed by atoms with Gasteiger partial charge in [0.2, 0.25) is 5.91 Å². The van der Waals surface area contributed by atoms with Gasteiger partial charge < -0.3 is 14.8 Å². The van der Waals surface area contributed by atoms with Crippen molar-refractivity contribution in [3.05, 3.63) is 76.6 Å². The van der Waals surface area contributed by atoms with Gasteiger partial charge in [0.05, 0.1) is 29.1 Å². The lowest BCUT2D eigenvalue weighted by atomic mass is 10.1. The summed E-state index contributed by atoms with van der Waals surface area (Å²) in [5, 5.41) is 12.0. The predicted octanol–water partition coefficient (Wildman–Crippen LogP) is 4.83. The Morgan fingerprint density at radius 3 is 2.62 bits per heavy atom. The molecule has 178 valence electrons. The number of ether oxygens (including phenoxy) is 2. The fourth-order valence-corrected chi connectivity index (χ4v) is 4.12. The number of methoxy groups -OCH3 is 1. The molecule has 0 saturated heterocycles. The molecule has 0 fully saturated rings. The van der Waals surface area contributed by atoms with Gasteiger partial charge >= 0.3 is 5.97 Å². The standard InChI is InChI=1S/C24H25ClN4O4S/c1-5-11-29-20(13-33-22-15(2)7-6-8-16(22)3)27-28-24(29)34-14-21(30)26-19-12-17(23(31)32-4)9-10-18(19)25/h5-10,12H,1,11,13-14H2,2-4H3,(H,26,30). The van der Waals surface area contributed by atoms with Crippen LogP contribution in [0.25, 0.3) is 0 Å². The van der Waals surface area contributed by atoms with Crippen LogP contribution in [-0.2, 0) is 22.7 Å². The number of carbonyl (C=O) groups excluding carboxylic acids is 2. The van der Waals surface area contributed by atoms with E-state index in [0.717, 1.165) is 16.9 Å². The number of allylic oxidation sites excluding steroid dienone is 1. The topological polar surface area (TPSA) is 95.3 Å². The molecule has 0 unspecified atom stereocenters. The monoisotopic (exact) mass is 500 g/mol. The Bertz CT molecular complexity index is 1190. The summed E-state index contributed by atoms with van der Waals surface area (Å²) < 4.78 is 12.6. The molecule has 0 aliphatic carbocycles. The average Bonchev–Trinajstić information content (AvgIpc) is 3.20. The van der Waals surface area contributed by atoms with Gasteiger partial charge in [0.25, 0.3) is 0 Å². The van der Waals surface area contributed by atoms with Gasteiger partial charge in [-0.25, -0.2) is 4.79 Å². The third kappa shape index (κ3) is 6.18. The van der Waals surface area contributed by atoms with E-state index in [1.807, 2.05) is 36.6 Å². The molecule has 3 rings (SSSR count). The van der Waals surface area contributed by atoms with Crippen LogP contribution in [0.3, 0.4) is 0 Å². The molecule has 3 aromatic rings. The average molecular weight is 501 g/mol. The number of hydrogen-bond acceptors (Lipinski definition) is 7. The molecular weight excluding hydrogens is 476 g/mol. The first-order valence-electron chi connectivity index (χ1n) is 10.4. The molecule has 0 radical (unpaired) electrons. The fourth-order valence-electron chi connectivity index (χ4n) is 3.19. The third-order valence-electron chi connectivity index (χ3n) is 4.85. The molecule has 0 aliphatic heterocycles. The van der Waals surface area contributed by atoms with Crippen LogP contribution < -0.4 is 10.1 Å². The van der Waals surface area contributed by atoms with Crippen LogP contribution in [0.5, 0.6) is 5.75 Å². The van der Waals surface area contributed by atoms with Crippen LogP contribution in [0.1, 0.15) is 27.3 Å². The number of amides is 1. The molecule has 10 heteroatoms. The summed E-state index contributed by atoms with van der Waals surface area (Å²) in [6.07, 6.45) is 1.73. The molecule has 1 heterocycles. The SMILES string of the molecule is C=CCn1c(COc2c(C)cccc2C)nnc1SCC(=O)Nc1cc(C(=O)OC)ccc1Cl. The smallest absolute Gasteiger partial charge is 0.337 e. The van der Waals surface area contributed by atoms with Crippen molar-refractivity contribution in [1.29, 1.82) is 0 Å². The molecule has 0 atom stereocenters. The minimum absolute atomic E-state index is 0.0613. The first-order valence-corrected chi connectivity index (χ1v) is 11.7. The van der Waals surface area contributed by atoms with E-state index >= 15 is 0 Å². The molecule has 0 spiro atoms. The summed E-state index contributed by atoms with van der Waals surface area (Å²) in [7, 11) is 1.28. The minimum Gasteiger partial charge on any atom is -0.485 e. The summed E-state index contributed by atoms with van der Waals surface area (Å²) in [5.74, 6) is 0.672. The lowest BCUT2D eigenvalue weighted by molar-refractivity contribution is -0.113. The highest BCUT2D eigenvalue weighted by Gasteiger charge is 2.16. The molecule has 34 heavy (non-hydrogen) atoms. The molecule has 0 saturated carbocycles. The zero-order chi connectivity index (χ0) is 24.7. The van der Waals surface area contributed by atoms with Gasteiger partial charge in [-0.3, -0.25) is 9.36 Å². The number of benzene rings is 2. The van der Waals surface area contributed by atoms with E-state index in [-0.39, 0.29) is 23.8 Å². The van der Waals surface area contributed by atoms with E-state index in [9.17, 15) is 9.59 Å². The number of thioether (sulfide) groups is 1. The number of carbonyl (C=O) groups is 2. The number of nitrogens with one attached hydrogen (secondary N) is 1. The van der Waals surface area contributed by atoms with Crippen molar-refractivity contribution in [3.63, 3.8) is 0 Å². The Labute approximate surface area is 207 Å². The summed E-state index contributed by atoms with van der Waals surface area (Å²) in [4.78, 5) is 24.3. The van der Waals surface area contributed by atoms with E-state index < -0.39 is 5.97 Å². The molecule has 1 amide bonds. The van der Waals surface area contributed by atoms with Crippen LogP contribution in [0.15, 0.2) is 54.2 Å². The van der Waals surface area contributed by atoms with Gasteiger partial charge in [-0.15, -0.1) is 16.8 Å².